The second kappa shape index (κ2) is 3.15. The van der Waals surface area contributed by atoms with Crippen LogP contribution in [-0.4, -0.2) is 28.6 Å². The fourth-order valence-electron chi connectivity index (χ4n) is 0.227. The van der Waals surface area contributed by atoms with E-state index in [0.29, 0.717) is 0 Å². The van der Waals surface area contributed by atoms with Crippen LogP contribution < -0.4 is 0 Å². The Bertz CT molecular complexity index is 98.2. The van der Waals surface area contributed by atoms with Crippen molar-refractivity contribution >= 4 is 12.3 Å². The van der Waals surface area contributed by atoms with E-state index in [4.69, 9.17) is 10.2 Å². The highest BCUT2D eigenvalue weighted by molar-refractivity contribution is 5.72. The molecule has 8 heavy (non-hydrogen) atoms. The number of aliphatic hydroxyl groups is 1. The van der Waals surface area contributed by atoms with Gasteiger partial charge in [-0.2, -0.15) is 0 Å². The van der Waals surface area contributed by atoms with Gasteiger partial charge in [0, 0.05) is 0 Å². The number of rotatable bonds is 3. The summed E-state index contributed by atoms with van der Waals surface area (Å²) in [6.07, 6.45) is -1.68. The van der Waals surface area contributed by atoms with Crippen molar-refractivity contribution in [1.82, 2.24) is 0 Å². The molecule has 0 amide bonds. The molecule has 0 rings (SSSR count). The van der Waals surface area contributed by atoms with Crippen molar-refractivity contribution in [3.63, 3.8) is 0 Å². The third-order valence-corrected chi connectivity index (χ3v) is 0.541. The Kier molecular flexibility index (Phi) is 2.79. The molecule has 0 aliphatic heterocycles. The molecule has 0 saturated heterocycles. The van der Waals surface area contributed by atoms with Crippen LogP contribution in [0, 0.1) is 0 Å². The third-order valence-electron chi connectivity index (χ3n) is 0.541. The van der Waals surface area contributed by atoms with Gasteiger partial charge in [-0.25, -0.2) is 0 Å². The SMILES string of the molecule is O=C[C@H](O)CC(=O)O. The maximum Gasteiger partial charge on any atom is 0.306 e. The lowest BCUT2D eigenvalue weighted by Gasteiger charge is -1.93. The first-order chi connectivity index (χ1) is 3.66. The van der Waals surface area contributed by atoms with Crippen LogP contribution in [0.2, 0.25) is 0 Å². The molecule has 0 aliphatic rings. The Labute approximate surface area is 45.7 Å². The first-order valence-corrected chi connectivity index (χ1v) is 2.02. The zero-order valence-corrected chi connectivity index (χ0v) is 4.07. The molecule has 0 bridgehead atoms. The van der Waals surface area contributed by atoms with Gasteiger partial charge in [-0.1, -0.05) is 0 Å². The van der Waals surface area contributed by atoms with Crippen LogP contribution in [0.5, 0.6) is 0 Å². The molecular formula is C4H6O4. The fourth-order valence-corrected chi connectivity index (χ4v) is 0.227. The van der Waals surface area contributed by atoms with Crippen molar-refractivity contribution in [2.24, 2.45) is 0 Å². The highest BCUT2D eigenvalue weighted by Gasteiger charge is 2.05. The maximum atomic E-state index is 9.65. The predicted molar refractivity (Wildman–Crippen MR) is 24.3 cm³/mol. The summed E-state index contributed by atoms with van der Waals surface area (Å²) >= 11 is 0. The van der Waals surface area contributed by atoms with Gasteiger partial charge in [0.1, 0.15) is 12.4 Å². The normalized spacial score (nSPS) is 12.6. The number of hydrogen-bond donors (Lipinski definition) is 2. The maximum absolute atomic E-state index is 9.65. The number of carbonyl (C=O) groups excluding carboxylic acids is 1. The lowest BCUT2D eigenvalue weighted by molar-refractivity contribution is -0.140. The molecule has 4 nitrogen and oxygen atoms in total. The van der Waals surface area contributed by atoms with Gasteiger partial charge in [-0.15, -0.1) is 0 Å². The zero-order valence-electron chi connectivity index (χ0n) is 4.07. The summed E-state index contributed by atoms with van der Waals surface area (Å²) in [6.45, 7) is 0. The average molecular weight is 118 g/mol. The summed E-state index contributed by atoms with van der Waals surface area (Å²) in [7, 11) is 0. The summed E-state index contributed by atoms with van der Waals surface area (Å²) in [5.74, 6) is -1.18. The van der Waals surface area contributed by atoms with Crippen LogP contribution in [0.4, 0.5) is 0 Å². The van der Waals surface area contributed by atoms with Crippen LogP contribution in [0.1, 0.15) is 6.42 Å². The first-order valence-electron chi connectivity index (χ1n) is 2.02. The van der Waals surface area contributed by atoms with Gasteiger partial charge in [0.15, 0.2) is 0 Å². The molecule has 0 heterocycles. The van der Waals surface area contributed by atoms with Crippen LogP contribution in [0.25, 0.3) is 0 Å². The second-order valence-electron chi connectivity index (χ2n) is 1.30. The number of aldehydes is 1. The smallest absolute Gasteiger partial charge is 0.306 e. The Balaban J connectivity index is 3.38. The molecule has 0 saturated carbocycles. The minimum absolute atomic E-state index is 0.189. The topological polar surface area (TPSA) is 74.6 Å². The highest BCUT2D eigenvalue weighted by atomic mass is 16.4. The average Bonchev–Trinajstić information content (AvgIpc) is 1.65. The predicted octanol–water partition coefficient (Wildman–Crippen LogP) is -0.979. The van der Waals surface area contributed by atoms with Crippen LogP contribution >= 0.6 is 0 Å². The van der Waals surface area contributed by atoms with E-state index in [1.807, 2.05) is 0 Å². The van der Waals surface area contributed by atoms with Gasteiger partial charge >= 0.3 is 5.97 Å². The number of aliphatic carboxylic acids is 1. The molecule has 4 heteroatoms. The van der Waals surface area contributed by atoms with Gasteiger partial charge in [0.2, 0.25) is 0 Å². The molecule has 46 valence electrons. The summed E-state index contributed by atoms with van der Waals surface area (Å²) in [5, 5.41) is 16.2. The van der Waals surface area contributed by atoms with E-state index in [1.54, 1.807) is 0 Å². The van der Waals surface area contributed by atoms with Crippen molar-refractivity contribution in [1.29, 1.82) is 0 Å². The molecule has 0 radical (unpaired) electrons. The molecule has 1 atom stereocenters. The van der Waals surface area contributed by atoms with Crippen molar-refractivity contribution < 1.29 is 19.8 Å². The molecule has 0 aromatic heterocycles. The Morgan fingerprint density at radius 2 is 2.25 bits per heavy atom. The summed E-state index contributed by atoms with van der Waals surface area (Å²) < 4.78 is 0. The number of aliphatic hydroxyl groups excluding tert-OH is 1. The molecule has 2 N–H and O–H groups in total. The van der Waals surface area contributed by atoms with Gasteiger partial charge in [-0.05, 0) is 0 Å². The minimum Gasteiger partial charge on any atom is -0.481 e. The summed E-state index contributed by atoms with van der Waals surface area (Å²) in [6, 6.07) is 0. The molecule has 0 aromatic rings. The Morgan fingerprint density at radius 1 is 1.75 bits per heavy atom. The van der Waals surface area contributed by atoms with E-state index in [0.717, 1.165) is 0 Å². The van der Waals surface area contributed by atoms with E-state index in [-0.39, 0.29) is 6.29 Å². The number of carbonyl (C=O) groups is 2. The van der Waals surface area contributed by atoms with Crippen LogP contribution in [0.15, 0.2) is 0 Å². The summed E-state index contributed by atoms with van der Waals surface area (Å²) in [4.78, 5) is 19.2. The number of carboxylic acid groups (broad SMARTS) is 1. The van der Waals surface area contributed by atoms with Gasteiger partial charge in [-0.3, -0.25) is 4.79 Å². The molecule has 0 aromatic carbocycles. The molecular weight excluding hydrogens is 112 g/mol. The quantitative estimate of drug-likeness (QED) is 0.467. The standard InChI is InChI=1S/C4H6O4/c5-2-3(6)1-4(7)8/h2-3,6H,1H2,(H,7,8)/t3-/m1/s1. The zero-order chi connectivity index (χ0) is 6.57. The van der Waals surface area contributed by atoms with Gasteiger partial charge in [0.05, 0.1) is 6.42 Å². The van der Waals surface area contributed by atoms with E-state index in [9.17, 15) is 9.59 Å². The van der Waals surface area contributed by atoms with Crippen molar-refractivity contribution in [2.45, 2.75) is 12.5 Å². The first kappa shape index (κ1) is 7.10. The Hall–Kier alpha value is -0.900. The monoisotopic (exact) mass is 118 g/mol. The van der Waals surface area contributed by atoms with E-state index in [1.165, 1.54) is 0 Å². The van der Waals surface area contributed by atoms with Gasteiger partial charge in [0.25, 0.3) is 0 Å². The van der Waals surface area contributed by atoms with Crippen molar-refractivity contribution in [3.8, 4) is 0 Å². The molecule has 0 fully saturated rings. The Morgan fingerprint density at radius 3 is 2.38 bits per heavy atom. The largest absolute Gasteiger partial charge is 0.481 e. The second-order valence-corrected chi connectivity index (χ2v) is 1.30. The lowest BCUT2D eigenvalue weighted by Crippen LogP contribution is -2.13. The molecule has 0 aliphatic carbocycles. The van der Waals surface area contributed by atoms with E-state index < -0.39 is 18.5 Å². The molecule has 0 spiro atoms. The lowest BCUT2D eigenvalue weighted by atomic mass is 10.3. The minimum atomic E-state index is -1.35. The number of hydrogen-bond acceptors (Lipinski definition) is 3. The van der Waals surface area contributed by atoms with E-state index in [2.05, 4.69) is 0 Å². The highest BCUT2D eigenvalue weighted by Crippen LogP contribution is 1.84. The number of carboxylic acids is 1. The van der Waals surface area contributed by atoms with Gasteiger partial charge < -0.3 is 15.0 Å². The van der Waals surface area contributed by atoms with E-state index >= 15 is 0 Å². The van der Waals surface area contributed by atoms with Crippen LogP contribution in [0.3, 0.4) is 0 Å². The molecule has 0 unspecified atom stereocenters. The third kappa shape index (κ3) is 3.30. The fraction of sp³-hybridized carbons (Fsp3) is 0.500. The summed E-state index contributed by atoms with van der Waals surface area (Å²) in [5.41, 5.74) is 0. The van der Waals surface area contributed by atoms with Crippen LogP contribution in [-0.2, 0) is 9.59 Å². The van der Waals surface area contributed by atoms with Crippen molar-refractivity contribution in [3.05, 3.63) is 0 Å². The van der Waals surface area contributed by atoms with Crippen molar-refractivity contribution in [2.75, 3.05) is 0 Å².